The molecule has 0 fully saturated rings. The quantitative estimate of drug-likeness (QED) is 0.360. The number of benzene rings is 1. The third kappa shape index (κ3) is 2.24. The van der Waals surface area contributed by atoms with Crippen LogP contribution in [0.15, 0.2) is 35.5 Å². The summed E-state index contributed by atoms with van der Waals surface area (Å²) in [5.41, 5.74) is 1.06. The Balaban J connectivity index is 2.64. The number of rotatable bonds is 2. The topological polar surface area (TPSA) is 69.9 Å². The third-order valence-electron chi connectivity index (χ3n) is 2.82. The van der Waals surface area contributed by atoms with Crippen LogP contribution in [0.3, 0.4) is 0 Å². The van der Waals surface area contributed by atoms with Crippen LogP contribution in [0.2, 0.25) is 0 Å². The number of hydrogen-bond donors (Lipinski definition) is 2. The van der Waals surface area contributed by atoms with Gasteiger partial charge < -0.3 is 10.3 Å². The Bertz CT molecular complexity index is 568. The molecule has 1 aliphatic carbocycles. The molecule has 0 saturated heterocycles. The summed E-state index contributed by atoms with van der Waals surface area (Å²) in [4.78, 5) is 10.9. The Morgan fingerprint density at radius 1 is 1.33 bits per heavy atom. The second-order valence-electron chi connectivity index (χ2n) is 4.30. The van der Waals surface area contributed by atoms with Gasteiger partial charge in [0.1, 0.15) is 5.71 Å². The van der Waals surface area contributed by atoms with E-state index in [2.05, 4.69) is 5.16 Å². The van der Waals surface area contributed by atoms with Crippen LogP contribution in [0.5, 0.6) is 0 Å². The zero-order valence-corrected chi connectivity index (χ0v) is 9.87. The molecular formula is C14H13NO3. The van der Waals surface area contributed by atoms with E-state index < -0.39 is 5.60 Å². The van der Waals surface area contributed by atoms with Crippen LogP contribution in [0.25, 0.3) is 12.2 Å². The molecule has 1 aromatic rings. The van der Waals surface area contributed by atoms with Crippen molar-refractivity contribution in [2.45, 2.75) is 12.5 Å². The molecule has 0 aromatic heterocycles. The van der Waals surface area contributed by atoms with E-state index in [-0.39, 0.29) is 5.71 Å². The predicted molar refractivity (Wildman–Crippen MR) is 69.5 cm³/mol. The van der Waals surface area contributed by atoms with Crippen LogP contribution in [-0.2, 0) is 4.79 Å². The first kappa shape index (κ1) is 12.3. The number of oxime groups is 1. The first-order valence-corrected chi connectivity index (χ1v) is 5.49. The number of carbonyl (C=O) groups is 1. The van der Waals surface area contributed by atoms with Gasteiger partial charge in [-0.05, 0) is 30.2 Å². The molecule has 1 aliphatic rings. The lowest BCUT2D eigenvalue weighted by Gasteiger charge is -2.10. The average molecular weight is 243 g/mol. The maximum absolute atomic E-state index is 10.9. The average Bonchev–Trinajstić information content (AvgIpc) is 2.51. The van der Waals surface area contributed by atoms with Crippen LogP contribution in [-0.4, -0.2) is 27.9 Å². The molecule has 0 spiro atoms. The standard InChI is InChI=1S/C14H13NO3/c1-14(17)7-5-10-3-2-4-12(11(10)6-8-14)13(9-16)15-18/h2-9,17-18H,1H3/b15-13-. The summed E-state index contributed by atoms with van der Waals surface area (Å²) in [6.45, 7) is 1.66. The Morgan fingerprint density at radius 3 is 2.72 bits per heavy atom. The summed E-state index contributed by atoms with van der Waals surface area (Å²) in [6.07, 6.45) is 7.28. The maximum Gasteiger partial charge on any atom is 0.172 e. The number of fused-ring (bicyclic) bond motifs is 1. The Kier molecular flexibility index (Phi) is 3.12. The summed E-state index contributed by atoms with van der Waals surface area (Å²) < 4.78 is 0. The molecular weight excluding hydrogens is 230 g/mol. The molecule has 0 radical (unpaired) electrons. The van der Waals surface area contributed by atoms with Crippen LogP contribution >= 0.6 is 0 Å². The van der Waals surface area contributed by atoms with Gasteiger partial charge in [0.25, 0.3) is 0 Å². The molecule has 0 bridgehead atoms. The van der Waals surface area contributed by atoms with Gasteiger partial charge in [-0.25, -0.2) is 0 Å². The largest absolute Gasteiger partial charge is 0.410 e. The highest BCUT2D eigenvalue weighted by Gasteiger charge is 2.17. The van der Waals surface area contributed by atoms with Gasteiger partial charge in [-0.3, -0.25) is 4.79 Å². The van der Waals surface area contributed by atoms with Crippen molar-refractivity contribution in [1.82, 2.24) is 0 Å². The van der Waals surface area contributed by atoms with Crippen molar-refractivity contribution in [3.8, 4) is 0 Å². The van der Waals surface area contributed by atoms with E-state index in [1.165, 1.54) is 0 Å². The zero-order valence-electron chi connectivity index (χ0n) is 9.87. The molecule has 1 aromatic carbocycles. The fourth-order valence-electron chi connectivity index (χ4n) is 1.84. The molecule has 2 rings (SSSR count). The molecule has 0 saturated carbocycles. The molecule has 4 nitrogen and oxygen atoms in total. The van der Waals surface area contributed by atoms with E-state index in [9.17, 15) is 9.90 Å². The molecule has 92 valence electrons. The minimum Gasteiger partial charge on any atom is -0.410 e. The smallest absolute Gasteiger partial charge is 0.172 e. The van der Waals surface area contributed by atoms with Gasteiger partial charge in [0, 0.05) is 5.56 Å². The van der Waals surface area contributed by atoms with Gasteiger partial charge in [0.05, 0.1) is 5.60 Å². The molecule has 2 N–H and O–H groups in total. The molecule has 0 aliphatic heterocycles. The van der Waals surface area contributed by atoms with Crippen molar-refractivity contribution < 1.29 is 15.1 Å². The third-order valence-corrected chi connectivity index (χ3v) is 2.82. The SMILES string of the molecule is CC1(O)C=Cc2cccc(/C(C=O)=N\O)c2C=C1. The Morgan fingerprint density at radius 2 is 2.06 bits per heavy atom. The number of aldehydes is 1. The summed E-state index contributed by atoms with van der Waals surface area (Å²) in [7, 11) is 0. The van der Waals surface area contributed by atoms with Gasteiger partial charge in [0.2, 0.25) is 0 Å². The van der Waals surface area contributed by atoms with Crippen molar-refractivity contribution in [1.29, 1.82) is 0 Å². The van der Waals surface area contributed by atoms with Crippen molar-refractivity contribution in [3.63, 3.8) is 0 Å². The lowest BCUT2D eigenvalue weighted by Crippen LogP contribution is -2.15. The minimum atomic E-state index is -1.03. The zero-order chi connectivity index (χ0) is 13.2. The molecule has 0 heterocycles. The lowest BCUT2D eigenvalue weighted by molar-refractivity contribution is -0.102. The molecule has 0 amide bonds. The van der Waals surface area contributed by atoms with Crippen LogP contribution in [0, 0.1) is 0 Å². The monoisotopic (exact) mass is 243 g/mol. The number of carbonyl (C=O) groups excluding carboxylic acids is 1. The summed E-state index contributed by atoms with van der Waals surface area (Å²) in [6, 6.07) is 5.32. The van der Waals surface area contributed by atoms with Gasteiger partial charge in [-0.1, -0.05) is 35.5 Å². The van der Waals surface area contributed by atoms with Gasteiger partial charge in [-0.2, -0.15) is 0 Å². The van der Waals surface area contributed by atoms with E-state index in [4.69, 9.17) is 5.21 Å². The van der Waals surface area contributed by atoms with E-state index in [0.717, 1.165) is 11.1 Å². The summed E-state index contributed by atoms with van der Waals surface area (Å²) in [5, 5.41) is 21.7. The number of hydrogen-bond acceptors (Lipinski definition) is 4. The second-order valence-corrected chi connectivity index (χ2v) is 4.30. The fourth-order valence-corrected chi connectivity index (χ4v) is 1.84. The second kappa shape index (κ2) is 4.58. The van der Waals surface area contributed by atoms with Crippen molar-refractivity contribution in [2.75, 3.05) is 0 Å². The first-order valence-electron chi connectivity index (χ1n) is 5.49. The molecule has 4 heteroatoms. The Hall–Kier alpha value is -2.20. The van der Waals surface area contributed by atoms with Crippen LogP contribution < -0.4 is 0 Å². The van der Waals surface area contributed by atoms with E-state index in [1.807, 2.05) is 6.07 Å². The highest BCUT2D eigenvalue weighted by Crippen LogP contribution is 2.25. The molecule has 1 unspecified atom stereocenters. The summed E-state index contributed by atoms with van der Waals surface area (Å²) >= 11 is 0. The fraction of sp³-hybridized carbons (Fsp3) is 0.143. The van der Waals surface area contributed by atoms with Crippen molar-refractivity contribution in [3.05, 3.63) is 47.0 Å². The normalized spacial score (nSPS) is 22.4. The van der Waals surface area contributed by atoms with Gasteiger partial charge in [0.15, 0.2) is 6.29 Å². The number of aliphatic hydroxyl groups is 1. The highest BCUT2D eigenvalue weighted by molar-refractivity contribution is 6.37. The molecule has 1 atom stereocenters. The van der Waals surface area contributed by atoms with Crippen LogP contribution in [0.4, 0.5) is 0 Å². The minimum absolute atomic E-state index is 0.0357. The predicted octanol–water partition coefficient (Wildman–Crippen LogP) is 1.85. The number of nitrogens with zero attached hydrogens (tertiary/aromatic N) is 1. The molecule has 18 heavy (non-hydrogen) atoms. The first-order chi connectivity index (χ1) is 8.57. The maximum atomic E-state index is 10.9. The summed E-state index contributed by atoms with van der Waals surface area (Å²) in [5.74, 6) is 0. The van der Waals surface area contributed by atoms with Crippen molar-refractivity contribution >= 4 is 24.1 Å². The highest BCUT2D eigenvalue weighted by atomic mass is 16.4. The van der Waals surface area contributed by atoms with E-state index in [1.54, 1.807) is 43.4 Å². The van der Waals surface area contributed by atoms with Crippen LogP contribution in [0.1, 0.15) is 23.6 Å². The lowest BCUT2D eigenvalue weighted by atomic mass is 9.98. The van der Waals surface area contributed by atoms with E-state index in [0.29, 0.717) is 11.8 Å². The van der Waals surface area contributed by atoms with Gasteiger partial charge >= 0.3 is 0 Å². The Labute approximate surface area is 105 Å². The van der Waals surface area contributed by atoms with Crippen molar-refractivity contribution in [2.24, 2.45) is 5.16 Å². The van der Waals surface area contributed by atoms with Gasteiger partial charge in [-0.15, -0.1) is 0 Å². The van der Waals surface area contributed by atoms with E-state index >= 15 is 0 Å².